The summed E-state index contributed by atoms with van der Waals surface area (Å²) in [6.07, 6.45) is 3.78. The van der Waals surface area contributed by atoms with E-state index in [1.165, 1.54) is 0 Å². The zero-order valence-corrected chi connectivity index (χ0v) is 14.2. The largest absolute Gasteiger partial charge is 0.310 e. The van der Waals surface area contributed by atoms with Crippen molar-refractivity contribution in [1.29, 1.82) is 0 Å². The van der Waals surface area contributed by atoms with Gasteiger partial charge in [0.25, 0.3) is 0 Å². The Morgan fingerprint density at radius 1 is 1.39 bits per heavy atom. The van der Waals surface area contributed by atoms with Crippen LogP contribution in [-0.4, -0.2) is 28.3 Å². The molecule has 1 aromatic carbocycles. The molecule has 0 saturated carbocycles. The molecule has 0 spiro atoms. The van der Waals surface area contributed by atoms with E-state index in [1.54, 1.807) is 9.58 Å². The number of halogens is 1. The number of amides is 1. The summed E-state index contributed by atoms with van der Waals surface area (Å²) in [6, 6.07) is 7.30. The van der Waals surface area contributed by atoms with Crippen LogP contribution in [0.2, 0.25) is 5.02 Å². The fourth-order valence-corrected chi connectivity index (χ4v) is 3.26. The fourth-order valence-electron chi connectivity index (χ4n) is 3.02. The monoisotopic (exact) mass is 332 g/mol. The molecule has 122 valence electrons. The summed E-state index contributed by atoms with van der Waals surface area (Å²) in [4.78, 5) is 14.6. The second-order valence-corrected chi connectivity index (χ2v) is 6.36. The number of carbonyl (C=O) groups is 1. The van der Waals surface area contributed by atoms with Gasteiger partial charge in [-0.1, -0.05) is 23.7 Å². The molecule has 23 heavy (non-hydrogen) atoms. The molecule has 0 aliphatic carbocycles. The highest BCUT2D eigenvalue weighted by molar-refractivity contribution is 6.33. The SMILES string of the molecule is Cc1cn(C)nc1CNC1CCCN(c2ccccc2Cl)C1=O. The lowest BCUT2D eigenvalue weighted by atomic mass is 10.0. The van der Waals surface area contributed by atoms with E-state index in [4.69, 9.17) is 11.6 Å². The number of piperidine rings is 1. The first-order valence-electron chi connectivity index (χ1n) is 7.84. The summed E-state index contributed by atoms with van der Waals surface area (Å²) in [5.74, 6) is 0.0814. The van der Waals surface area contributed by atoms with Gasteiger partial charge in [0.05, 0.1) is 22.4 Å². The highest BCUT2D eigenvalue weighted by Crippen LogP contribution is 2.28. The van der Waals surface area contributed by atoms with Crippen LogP contribution in [0.4, 0.5) is 5.69 Å². The Bertz CT molecular complexity index is 712. The number of aromatic nitrogens is 2. The summed E-state index contributed by atoms with van der Waals surface area (Å²) in [5.41, 5.74) is 2.90. The van der Waals surface area contributed by atoms with Gasteiger partial charge >= 0.3 is 0 Å². The number of hydrogen-bond acceptors (Lipinski definition) is 3. The molecule has 1 unspecified atom stereocenters. The number of nitrogens with one attached hydrogen (secondary N) is 1. The minimum Gasteiger partial charge on any atom is -0.310 e. The molecule has 6 heteroatoms. The molecule has 1 N–H and O–H groups in total. The van der Waals surface area contributed by atoms with Gasteiger partial charge in [0.2, 0.25) is 5.91 Å². The Labute approximate surface area is 141 Å². The first-order chi connectivity index (χ1) is 11.1. The molecular formula is C17H21ClN4O. The molecule has 3 rings (SSSR count). The number of aryl methyl sites for hydroxylation is 2. The number of nitrogens with zero attached hydrogens (tertiary/aromatic N) is 3. The third-order valence-corrected chi connectivity index (χ3v) is 4.53. The third-order valence-electron chi connectivity index (χ3n) is 4.21. The number of carbonyl (C=O) groups excluding carboxylic acids is 1. The average Bonchev–Trinajstić information content (AvgIpc) is 2.85. The van der Waals surface area contributed by atoms with E-state index < -0.39 is 0 Å². The summed E-state index contributed by atoms with van der Waals surface area (Å²) >= 11 is 6.24. The van der Waals surface area contributed by atoms with E-state index in [1.807, 2.05) is 44.4 Å². The molecule has 1 aliphatic heterocycles. The molecule has 1 saturated heterocycles. The molecule has 1 amide bonds. The lowest BCUT2D eigenvalue weighted by molar-refractivity contribution is -0.121. The van der Waals surface area contributed by atoms with E-state index >= 15 is 0 Å². The van der Waals surface area contributed by atoms with E-state index in [9.17, 15) is 4.79 Å². The summed E-state index contributed by atoms with van der Waals surface area (Å²) < 4.78 is 1.80. The first-order valence-corrected chi connectivity index (χ1v) is 8.22. The van der Waals surface area contributed by atoms with Crippen molar-refractivity contribution in [3.8, 4) is 0 Å². The van der Waals surface area contributed by atoms with E-state index in [2.05, 4.69) is 10.4 Å². The Balaban J connectivity index is 1.70. The van der Waals surface area contributed by atoms with Crippen molar-refractivity contribution < 1.29 is 4.79 Å². The minimum absolute atomic E-state index is 0.0814. The van der Waals surface area contributed by atoms with Crippen LogP contribution < -0.4 is 10.2 Å². The molecule has 0 radical (unpaired) electrons. The van der Waals surface area contributed by atoms with Gasteiger partial charge in [-0.2, -0.15) is 5.10 Å². The van der Waals surface area contributed by atoms with Crippen LogP contribution in [0.5, 0.6) is 0 Å². The number of rotatable bonds is 4. The highest BCUT2D eigenvalue weighted by atomic mass is 35.5. The van der Waals surface area contributed by atoms with Crippen LogP contribution in [0.25, 0.3) is 0 Å². The van der Waals surface area contributed by atoms with E-state index in [0.29, 0.717) is 18.1 Å². The van der Waals surface area contributed by atoms with Gasteiger partial charge in [0.1, 0.15) is 0 Å². The Hall–Kier alpha value is -1.85. The summed E-state index contributed by atoms with van der Waals surface area (Å²) in [6.45, 7) is 3.34. The van der Waals surface area contributed by atoms with Crippen LogP contribution in [0.15, 0.2) is 30.5 Å². The van der Waals surface area contributed by atoms with Gasteiger partial charge in [-0.05, 0) is 37.5 Å². The zero-order valence-electron chi connectivity index (χ0n) is 13.4. The number of para-hydroxylation sites is 1. The second kappa shape index (κ2) is 6.72. The summed E-state index contributed by atoms with van der Waals surface area (Å²) in [5, 5.41) is 8.38. The van der Waals surface area contributed by atoms with Crippen molar-refractivity contribution in [3.05, 3.63) is 46.7 Å². The number of benzene rings is 1. The van der Waals surface area contributed by atoms with Crippen molar-refractivity contribution >= 4 is 23.2 Å². The van der Waals surface area contributed by atoms with Crippen LogP contribution in [0, 0.1) is 6.92 Å². The Morgan fingerprint density at radius 2 is 2.17 bits per heavy atom. The van der Waals surface area contributed by atoms with E-state index in [-0.39, 0.29) is 11.9 Å². The predicted octanol–water partition coefficient (Wildman–Crippen LogP) is 2.67. The molecule has 1 atom stereocenters. The van der Waals surface area contributed by atoms with Crippen molar-refractivity contribution in [2.45, 2.75) is 32.4 Å². The maximum absolute atomic E-state index is 12.8. The third kappa shape index (κ3) is 3.41. The maximum atomic E-state index is 12.8. The van der Waals surface area contributed by atoms with Gasteiger partial charge in [-0.3, -0.25) is 9.48 Å². The van der Waals surface area contributed by atoms with Gasteiger partial charge in [-0.15, -0.1) is 0 Å². The molecule has 1 fully saturated rings. The standard InChI is InChI=1S/C17H21ClN4O/c1-12-11-21(2)20-15(12)10-19-14-7-5-9-22(17(14)23)16-8-4-3-6-13(16)18/h3-4,6,8,11,14,19H,5,7,9-10H2,1-2H3. The lowest BCUT2D eigenvalue weighted by Gasteiger charge is -2.33. The van der Waals surface area contributed by atoms with Crippen molar-refractivity contribution in [2.75, 3.05) is 11.4 Å². The van der Waals surface area contributed by atoms with E-state index in [0.717, 1.165) is 29.8 Å². The van der Waals surface area contributed by atoms with Crippen LogP contribution >= 0.6 is 11.6 Å². The molecular weight excluding hydrogens is 312 g/mol. The van der Waals surface area contributed by atoms with Crippen molar-refractivity contribution in [2.24, 2.45) is 7.05 Å². The second-order valence-electron chi connectivity index (χ2n) is 5.95. The first kappa shape index (κ1) is 16.0. The maximum Gasteiger partial charge on any atom is 0.244 e. The molecule has 2 aromatic rings. The molecule has 1 aromatic heterocycles. The fraction of sp³-hybridized carbons (Fsp3) is 0.412. The van der Waals surface area contributed by atoms with Gasteiger partial charge < -0.3 is 10.2 Å². The van der Waals surface area contributed by atoms with Crippen LogP contribution in [0.1, 0.15) is 24.1 Å². The smallest absolute Gasteiger partial charge is 0.244 e. The van der Waals surface area contributed by atoms with Crippen LogP contribution in [-0.2, 0) is 18.4 Å². The van der Waals surface area contributed by atoms with Crippen LogP contribution in [0.3, 0.4) is 0 Å². The topological polar surface area (TPSA) is 50.2 Å². The van der Waals surface area contributed by atoms with Crippen molar-refractivity contribution in [3.63, 3.8) is 0 Å². The summed E-state index contributed by atoms with van der Waals surface area (Å²) in [7, 11) is 1.90. The zero-order chi connectivity index (χ0) is 16.4. The molecule has 2 heterocycles. The molecule has 1 aliphatic rings. The Morgan fingerprint density at radius 3 is 2.87 bits per heavy atom. The lowest BCUT2D eigenvalue weighted by Crippen LogP contribution is -2.50. The van der Waals surface area contributed by atoms with Crippen molar-refractivity contribution in [1.82, 2.24) is 15.1 Å². The molecule has 0 bridgehead atoms. The minimum atomic E-state index is -0.193. The van der Waals surface area contributed by atoms with Gasteiger partial charge in [0, 0.05) is 26.3 Å². The quantitative estimate of drug-likeness (QED) is 0.936. The highest BCUT2D eigenvalue weighted by Gasteiger charge is 2.30. The molecule has 5 nitrogen and oxygen atoms in total. The number of anilines is 1. The normalized spacial score (nSPS) is 18.5. The van der Waals surface area contributed by atoms with Gasteiger partial charge in [0.15, 0.2) is 0 Å². The predicted molar refractivity (Wildman–Crippen MR) is 91.6 cm³/mol. The number of hydrogen-bond donors (Lipinski definition) is 1. The average molecular weight is 333 g/mol. The Kier molecular flexibility index (Phi) is 4.68. The van der Waals surface area contributed by atoms with Gasteiger partial charge in [-0.25, -0.2) is 0 Å².